The van der Waals surface area contributed by atoms with E-state index in [1.165, 1.54) is 17.3 Å². The lowest BCUT2D eigenvalue weighted by molar-refractivity contribution is -0.149. The summed E-state index contributed by atoms with van der Waals surface area (Å²) in [6.07, 6.45) is 4.03. The number of imidazole rings is 1. The highest BCUT2D eigenvalue weighted by Crippen LogP contribution is 2.55. The predicted octanol–water partition coefficient (Wildman–Crippen LogP) is 3.73. The largest absolute Gasteiger partial charge is 0.462 e. The Bertz CT molecular complexity index is 1680. The molecule has 2 aromatic carbocycles. The molecule has 0 spiro atoms. The van der Waals surface area contributed by atoms with Crippen molar-refractivity contribution in [2.75, 3.05) is 33.9 Å². The quantitative estimate of drug-likeness (QED) is 0.0719. The number of esters is 1. The van der Waals surface area contributed by atoms with Crippen LogP contribution in [0.5, 0.6) is 5.75 Å². The zero-order valence-electron chi connectivity index (χ0n) is 24.4. The number of carbonyl (C=O) groups is 1. The summed E-state index contributed by atoms with van der Waals surface area (Å²) in [5.41, 5.74) is 0.871. The number of aromatic nitrogens is 4. The van der Waals surface area contributed by atoms with Crippen LogP contribution in [-0.4, -0.2) is 81.3 Å². The topological polar surface area (TPSA) is 153 Å². The zero-order valence-corrected chi connectivity index (χ0v) is 25.3. The molecule has 1 saturated heterocycles. The maximum atomic E-state index is 14.3. The van der Waals surface area contributed by atoms with Crippen molar-refractivity contribution < 1.29 is 27.9 Å². The van der Waals surface area contributed by atoms with Gasteiger partial charge in [0.25, 0.3) is 5.56 Å². The molecule has 2 aromatic heterocycles. The molecule has 1 fully saturated rings. The number of aliphatic imine (C=N–C) groups is 1. The number of nitrogens with zero attached hydrogens (tertiary/aromatic N) is 6. The molecule has 2 atom stereocenters. The molecule has 3 heterocycles. The third-order valence-corrected chi connectivity index (χ3v) is 8.64. The number of hydrogen-bond acceptors (Lipinski definition) is 10. The van der Waals surface area contributed by atoms with Crippen LogP contribution in [0.3, 0.4) is 0 Å². The fourth-order valence-corrected chi connectivity index (χ4v) is 6.46. The monoisotopic (exact) mass is 623 g/mol. The Morgan fingerprint density at radius 2 is 1.89 bits per heavy atom. The van der Waals surface area contributed by atoms with E-state index in [1.54, 1.807) is 47.8 Å². The minimum absolute atomic E-state index is 0.00482. The van der Waals surface area contributed by atoms with Gasteiger partial charge in [0.2, 0.25) is 5.95 Å². The first-order valence-electron chi connectivity index (χ1n) is 14.0. The number of H-pyrrole nitrogens is 1. The molecule has 1 aliphatic heterocycles. The molecule has 0 aliphatic carbocycles. The Labute approximate surface area is 253 Å². The van der Waals surface area contributed by atoms with Crippen LogP contribution in [0.4, 0.5) is 5.95 Å². The lowest BCUT2D eigenvalue weighted by atomic mass is 10.2. The van der Waals surface area contributed by atoms with Crippen molar-refractivity contribution in [2.45, 2.75) is 32.2 Å². The van der Waals surface area contributed by atoms with Gasteiger partial charge in [-0.2, -0.15) is 9.65 Å². The Morgan fingerprint density at radius 1 is 1.14 bits per heavy atom. The van der Waals surface area contributed by atoms with Gasteiger partial charge in [0.1, 0.15) is 25.1 Å². The van der Waals surface area contributed by atoms with Crippen LogP contribution in [0.1, 0.15) is 18.4 Å². The number of nitrogens with one attached hydrogen (secondary N) is 1. The van der Waals surface area contributed by atoms with Gasteiger partial charge >= 0.3 is 13.7 Å². The maximum Gasteiger partial charge on any atom is 0.462 e. The fraction of sp³-hybridized carbons (Fsp3) is 0.345. The zero-order chi connectivity index (χ0) is 30.9. The first kappa shape index (κ1) is 31.1. The number of para-hydroxylation sites is 1. The number of aromatic amines is 1. The maximum absolute atomic E-state index is 14.3. The number of fused-ring (bicyclic) bond motifs is 1. The van der Waals surface area contributed by atoms with Crippen molar-refractivity contribution in [3.8, 4) is 5.75 Å². The first-order chi connectivity index (χ1) is 21.3. The summed E-state index contributed by atoms with van der Waals surface area (Å²) in [4.78, 5) is 42.4. The van der Waals surface area contributed by atoms with Gasteiger partial charge in [-0.15, -0.1) is 0 Å². The van der Waals surface area contributed by atoms with E-state index in [-0.39, 0.29) is 38.0 Å². The predicted molar refractivity (Wildman–Crippen MR) is 163 cm³/mol. The minimum atomic E-state index is -4.01. The number of carbonyl (C=O) groups excluding carboxylic acids is 1. The van der Waals surface area contributed by atoms with Gasteiger partial charge in [-0.05, 0) is 30.5 Å². The van der Waals surface area contributed by atoms with Gasteiger partial charge in [0.15, 0.2) is 11.2 Å². The average Bonchev–Trinajstić information content (AvgIpc) is 3.68. The fourth-order valence-electron chi connectivity index (χ4n) is 4.52. The van der Waals surface area contributed by atoms with E-state index >= 15 is 0 Å². The summed E-state index contributed by atoms with van der Waals surface area (Å²) in [7, 11) is -0.413. The molecular weight excluding hydrogens is 589 g/mol. The van der Waals surface area contributed by atoms with Crippen molar-refractivity contribution in [3.05, 3.63) is 82.9 Å². The van der Waals surface area contributed by atoms with E-state index < -0.39 is 25.3 Å². The molecule has 0 bridgehead atoms. The van der Waals surface area contributed by atoms with Crippen LogP contribution in [0.2, 0.25) is 0 Å². The second kappa shape index (κ2) is 14.4. The van der Waals surface area contributed by atoms with Gasteiger partial charge in [0, 0.05) is 20.6 Å². The summed E-state index contributed by atoms with van der Waals surface area (Å²) >= 11 is 0. The van der Waals surface area contributed by atoms with E-state index in [9.17, 15) is 14.2 Å². The van der Waals surface area contributed by atoms with Gasteiger partial charge in [-0.1, -0.05) is 48.5 Å². The molecule has 232 valence electrons. The van der Waals surface area contributed by atoms with Gasteiger partial charge in [0.05, 0.1) is 25.9 Å². The normalized spacial score (nSPS) is 16.7. The average molecular weight is 624 g/mol. The molecule has 1 N–H and O–H groups in total. The van der Waals surface area contributed by atoms with E-state index in [4.69, 9.17) is 18.5 Å². The van der Waals surface area contributed by atoms with Crippen LogP contribution in [0.15, 0.2) is 76.8 Å². The second-order valence-electron chi connectivity index (χ2n) is 10.1. The van der Waals surface area contributed by atoms with E-state index in [2.05, 4.69) is 19.9 Å². The highest BCUT2D eigenvalue weighted by Gasteiger charge is 2.46. The number of rotatable bonds is 14. The summed E-state index contributed by atoms with van der Waals surface area (Å²) in [5.74, 6) is -0.0245. The Hall–Kier alpha value is -4.36. The Kier molecular flexibility index (Phi) is 10.2. The minimum Gasteiger partial charge on any atom is -0.460 e. The summed E-state index contributed by atoms with van der Waals surface area (Å²) < 4.78 is 40.4. The Balaban J connectivity index is 1.23. The van der Waals surface area contributed by atoms with Gasteiger partial charge in [-0.3, -0.25) is 23.7 Å². The van der Waals surface area contributed by atoms with Crippen LogP contribution in [-0.2, 0) is 36.7 Å². The number of benzene rings is 2. The number of hydrogen-bond donors (Lipinski definition) is 1. The Morgan fingerprint density at radius 3 is 2.64 bits per heavy atom. The van der Waals surface area contributed by atoms with Gasteiger partial charge in [-0.25, -0.2) is 14.5 Å². The molecule has 14 nitrogen and oxygen atoms in total. The summed E-state index contributed by atoms with van der Waals surface area (Å²) in [5, 5.41) is 0. The molecular formula is C29H34N7O7P. The third-order valence-electron chi connectivity index (χ3n) is 6.58. The van der Waals surface area contributed by atoms with E-state index in [0.29, 0.717) is 30.8 Å². The standard InChI is InChI=1S/C29H34N7O7P/c1-34(2)19-31-29-32-26-25(27(37)33-29)30-20-35(26)21-40-16-17-42-44(39,43-23-12-7-4-8-13-23)36-15-9-14-24(36)28(38)41-18-22-10-5-3-6-11-22/h3-8,10-13,19-20,24H,9,14-18,21H2,1-2H3,(H,32,33,37)/b31-19+/t24-,44?/m0/s1. The van der Waals surface area contributed by atoms with Crippen molar-refractivity contribution >= 4 is 37.2 Å². The van der Waals surface area contributed by atoms with Crippen LogP contribution < -0.4 is 10.1 Å². The highest BCUT2D eigenvalue weighted by atomic mass is 31.2. The van der Waals surface area contributed by atoms with Gasteiger partial charge < -0.3 is 18.9 Å². The molecule has 4 aromatic rings. The molecule has 1 aliphatic rings. The molecule has 44 heavy (non-hydrogen) atoms. The van der Waals surface area contributed by atoms with Crippen molar-refractivity contribution in [2.24, 2.45) is 4.99 Å². The van der Waals surface area contributed by atoms with E-state index in [0.717, 1.165) is 5.56 Å². The summed E-state index contributed by atoms with van der Waals surface area (Å²) in [6, 6.07) is 17.2. The van der Waals surface area contributed by atoms with Crippen molar-refractivity contribution in [1.82, 2.24) is 29.1 Å². The van der Waals surface area contributed by atoms with Crippen molar-refractivity contribution in [3.63, 3.8) is 0 Å². The number of ether oxygens (including phenoxy) is 2. The van der Waals surface area contributed by atoms with Crippen LogP contribution in [0.25, 0.3) is 11.2 Å². The third kappa shape index (κ3) is 7.77. The highest BCUT2D eigenvalue weighted by molar-refractivity contribution is 7.51. The van der Waals surface area contributed by atoms with Crippen LogP contribution >= 0.6 is 7.75 Å². The molecule has 0 saturated carbocycles. The molecule has 5 rings (SSSR count). The lowest BCUT2D eigenvalue weighted by Gasteiger charge is -2.30. The molecule has 0 radical (unpaired) electrons. The SMILES string of the molecule is CN(C)/C=N/c1nc2c(ncn2COCCOP(=O)(Oc2ccccc2)N2CCC[C@H]2C(=O)OCc2ccccc2)c(=O)[nH]1. The first-order valence-corrected chi connectivity index (χ1v) is 15.5. The molecule has 0 amide bonds. The van der Waals surface area contributed by atoms with Crippen LogP contribution in [0, 0.1) is 0 Å². The summed E-state index contributed by atoms with van der Waals surface area (Å²) in [6.45, 7) is 0.347. The van der Waals surface area contributed by atoms with Crippen molar-refractivity contribution in [1.29, 1.82) is 0 Å². The smallest absolute Gasteiger partial charge is 0.460 e. The molecule has 15 heteroatoms. The van der Waals surface area contributed by atoms with E-state index in [1.807, 2.05) is 36.4 Å². The second-order valence-corrected chi connectivity index (χ2v) is 12.0. The lowest BCUT2D eigenvalue weighted by Crippen LogP contribution is -2.37. The molecule has 1 unspecified atom stereocenters.